The van der Waals surface area contributed by atoms with Crippen molar-refractivity contribution in [2.75, 3.05) is 32.7 Å². The van der Waals surface area contributed by atoms with Crippen LogP contribution in [0.1, 0.15) is 6.92 Å². The molecule has 84 valence electrons. The topological polar surface area (TPSA) is 35.5 Å². The molecule has 1 heterocycles. The molecule has 3 nitrogen and oxygen atoms in total. The SMILES string of the molecule is CC(O)(CN1CCNCC1)C(F)(F)F. The standard InChI is InChI=1S/C8H15F3N2O/c1-7(14,8(9,10)11)6-13-4-2-12-3-5-13/h12,14H,2-6H2,1H3. The summed E-state index contributed by atoms with van der Waals surface area (Å²) in [5.41, 5.74) is -2.61. The molecule has 1 aliphatic rings. The largest absolute Gasteiger partial charge is 0.418 e. The summed E-state index contributed by atoms with van der Waals surface area (Å²) in [7, 11) is 0. The van der Waals surface area contributed by atoms with Crippen LogP contribution in [0.25, 0.3) is 0 Å². The smallest absolute Gasteiger partial charge is 0.380 e. The van der Waals surface area contributed by atoms with Crippen molar-refractivity contribution >= 4 is 0 Å². The summed E-state index contributed by atoms with van der Waals surface area (Å²) >= 11 is 0. The number of rotatable bonds is 2. The first-order valence-electron chi connectivity index (χ1n) is 4.55. The molecule has 0 aromatic carbocycles. The van der Waals surface area contributed by atoms with E-state index in [4.69, 9.17) is 0 Å². The first-order valence-corrected chi connectivity index (χ1v) is 4.55. The number of piperazine rings is 1. The molecule has 0 aliphatic carbocycles. The van der Waals surface area contributed by atoms with E-state index in [0.29, 0.717) is 26.2 Å². The van der Waals surface area contributed by atoms with Crippen molar-refractivity contribution < 1.29 is 18.3 Å². The highest BCUT2D eigenvalue weighted by Crippen LogP contribution is 2.30. The van der Waals surface area contributed by atoms with Gasteiger partial charge < -0.3 is 10.4 Å². The van der Waals surface area contributed by atoms with E-state index >= 15 is 0 Å². The summed E-state index contributed by atoms with van der Waals surface area (Å²) in [5.74, 6) is 0. The molecule has 0 amide bonds. The number of aliphatic hydroxyl groups is 1. The number of hydrogen-bond acceptors (Lipinski definition) is 3. The predicted molar refractivity (Wildman–Crippen MR) is 46.0 cm³/mol. The van der Waals surface area contributed by atoms with Gasteiger partial charge >= 0.3 is 6.18 Å². The first kappa shape index (κ1) is 11.7. The molecule has 0 bridgehead atoms. The Balaban J connectivity index is 2.49. The summed E-state index contributed by atoms with van der Waals surface area (Å²) in [6.45, 7) is 2.91. The molecular weight excluding hydrogens is 197 g/mol. The van der Waals surface area contributed by atoms with E-state index in [0.717, 1.165) is 6.92 Å². The molecule has 0 saturated carbocycles. The van der Waals surface area contributed by atoms with Crippen molar-refractivity contribution in [1.29, 1.82) is 0 Å². The number of β-amino-alcohol motifs (C(OH)–C–C–N with tert-alkyl or cyclic N) is 1. The molecule has 1 rings (SSSR count). The minimum absolute atomic E-state index is 0.349. The average molecular weight is 212 g/mol. The molecule has 1 aliphatic heterocycles. The normalized spacial score (nSPS) is 24.6. The first-order chi connectivity index (χ1) is 6.33. The van der Waals surface area contributed by atoms with Gasteiger partial charge in [-0.2, -0.15) is 13.2 Å². The van der Waals surface area contributed by atoms with Gasteiger partial charge in [-0.1, -0.05) is 0 Å². The Morgan fingerprint density at radius 2 is 1.79 bits per heavy atom. The fraction of sp³-hybridized carbons (Fsp3) is 1.00. The molecule has 0 spiro atoms. The minimum Gasteiger partial charge on any atom is -0.380 e. The van der Waals surface area contributed by atoms with Gasteiger partial charge in [-0.05, 0) is 6.92 Å². The van der Waals surface area contributed by atoms with Gasteiger partial charge in [0.15, 0.2) is 5.60 Å². The number of nitrogens with one attached hydrogen (secondary N) is 1. The van der Waals surface area contributed by atoms with Crippen LogP contribution in [0.15, 0.2) is 0 Å². The van der Waals surface area contributed by atoms with Crippen LogP contribution in [0.3, 0.4) is 0 Å². The molecular formula is C8H15F3N2O. The van der Waals surface area contributed by atoms with E-state index in [2.05, 4.69) is 5.32 Å². The van der Waals surface area contributed by atoms with Crippen LogP contribution < -0.4 is 5.32 Å². The van der Waals surface area contributed by atoms with E-state index in [1.807, 2.05) is 0 Å². The molecule has 1 atom stereocenters. The van der Waals surface area contributed by atoms with Gasteiger partial charge in [0.25, 0.3) is 0 Å². The zero-order chi connectivity index (χ0) is 10.8. The Kier molecular flexibility index (Phi) is 3.39. The van der Waals surface area contributed by atoms with Crippen LogP contribution in [0.4, 0.5) is 13.2 Å². The van der Waals surface area contributed by atoms with Gasteiger partial charge in [0.1, 0.15) is 0 Å². The molecule has 2 N–H and O–H groups in total. The average Bonchev–Trinajstić information content (AvgIpc) is 2.03. The summed E-state index contributed by atoms with van der Waals surface area (Å²) in [5, 5.41) is 12.3. The van der Waals surface area contributed by atoms with Crippen LogP contribution >= 0.6 is 0 Å². The van der Waals surface area contributed by atoms with Crippen molar-refractivity contribution in [2.24, 2.45) is 0 Å². The zero-order valence-electron chi connectivity index (χ0n) is 8.06. The lowest BCUT2D eigenvalue weighted by Gasteiger charge is -2.35. The molecule has 14 heavy (non-hydrogen) atoms. The van der Waals surface area contributed by atoms with Crippen LogP contribution in [-0.4, -0.2) is 54.5 Å². The quantitative estimate of drug-likeness (QED) is 0.686. The lowest BCUT2D eigenvalue weighted by Crippen LogP contribution is -2.55. The van der Waals surface area contributed by atoms with Crippen molar-refractivity contribution in [3.63, 3.8) is 0 Å². The van der Waals surface area contributed by atoms with Crippen molar-refractivity contribution in [3.05, 3.63) is 0 Å². The fourth-order valence-electron chi connectivity index (χ4n) is 1.39. The van der Waals surface area contributed by atoms with Gasteiger partial charge in [-0.25, -0.2) is 0 Å². The molecule has 1 unspecified atom stereocenters. The van der Waals surface area contributed by atoms with Crippen LogP contribution in [0.2, 0.25) is 0 Å². The maximum absolute atomic E-state index is 12.3. The summed E-state index contributed by atoms with van der Waals surface area (Å²) < 4.78 is 36.9. The summed E-state index contributed by atoms with van der Waals surface area (Å²) in [6.07, 6.45) is -4.56. The van der Waals surface area contributed by atoms with E-state index in [1.165, 1.54) is 0 Å². The Morgan fingerprint density at radius 1 is 1.29 bits per heavy atom. The van der Waals surface area contributed by atoms with Gasteiger partial charge in [0, 0.05) is 32.7 Å². The Morgan fingerprint density at radius 3 is 2.21 bits per heavy atom. The highest BCUT2D eigenvalue weighted by molar-refractivity contribution is 4.86. The van der Waals surface area contributed by atoms with Crippen molar-refractivity contribution in [1.82, 2.24) is 10.2 Å². The Labute approximate surface area is 80.9 Å². The Hall–Kier alpha value is -0.330. The number of nitrogens with zero attached hydrogens (tertiary/aromatic N) is 1. The minimum atomic E-state index is -4.56. The van der Waals surface area contributed by atoms with Crippen LogP contribution in [0.5, 0.6) is 0 Å². The van der Waals surface area contributed by atoms with Crippen molar-refractivity contribution in [2.45, 2.75) is 18.7 Å². The van der Waals surface area contributed by atoms with E-state index < -0.39 is 11.8 Å². The van der Waals surface area contributed by atoms with Gasteiger partial charge in [-0.3, -0.25) is 4.90 Å². The summed E-state index contributed by atoms with van der Waals surface area (Å²) in [4.78, 5) is 1.62. The van der Waals surface area contributed by atoms with Gasteiger partial charge in [0.05, 0.1) is 0 Å². The molecule has 0 radical (unpaired) electrons. The molecule has 0 aromatic rings. The third-order valence-electron chi connectivity index (χ3n) is 2.35. The maximum Gasteiger partial charge on any atom is 0.418 e. The maximum atomic E-state index is 12.3. The zero-order valence-corrected chi connectivity index (χ0v) is 8.06. The fourth-order valence-corrected chi connectivity index (χ4v) is 1.39. The van der Waals surface area contributed by atoms with Crippen LogP contribution in [0, 0.1) is 0 Å². The van der Waals surface area contributed by atoms with E-state index in [9.17, 15) is 18.3 Å². The third-order valence-corrected chi connectivity index (χ3v) is 2.35. The number of halogens is 3. The lowest BCUT2D eigenvalue weighted by molar-refractivity contribution is -0.257. The Bertz CT molecular complexity index is 188. The molecule has 1 saturated heterocycles. The van der Waals surface area contributed by atoms with E-state index in [1.54, 1.807) is 4.90 Å². The molecule has 6 heteroatoms. The molecule has 1 fully saturated rings. The second-order valence-electron chi connectivity index (χ2n) is 3.80. The number of alkyl halides is 3. The predicted octanol–water partition coefficient (Wildman–Crippen LogP) is 0.205. The highest BCUT2D eigenvalue weighted by Gasteiger charge is 2.50. The van der Waals surface area contributed by atoms with Crippen LogP contribution in [-0.2, 0) is 0 Å². The van der Waals surface area contributed by atoms with Gasteiger partial charge in [-0.15, -0.1) is 0 Å². The lowest BCUT2D eigenvalue weighted by atomic mass is 10.1. The number of hydrogen-bond donors (Lipinski definition) is 2. The second-order valence-corrected chi connectivity index (χ2v) is 3.80. The van der Waals surface area contributed by atoms with Crippen molar-refractivity contribution in [3.8, 4) is 0 Å². The second kappa shape index (κ2) is 4.04. The summed E-state index contributed by atoms with van der Waals surface area (Å²) in [6, 6.07) is 0. The third kappa shape index (κ3) is 2.83. The molecule has 0 aromatic heterocycles. The highest BCUT2D eigenvalue weighted by atomic mass is 19.4. The monoisotopic (exact) mass is 212 g/mol. The van der Waals surface area contributed by atoms with Gasteiger partial charge in [0.2, 0.25) is 0 Å². The van der Waals surface area contributed by atoms with E-state index in [-0.39, 0.29) is 6.54 Å².